The Morgan fingerprint density at radius 3 is 2.88 bits per heavy atom. The number of esters is 1. The Labute approximate surface area is 141 Å². The first-order valence-corrected chi connectivity index (χ1v) is 8.19. The van der Waals surface area contributed by atoms with Crippen LogP contribution in [0.5, 0.6) is 0 Å². The second-order valence-electron chi connectivity index (χ2n) is 6.58. The normalized spacial score (nSPS) is 19.2. The molecule has 0 spiro atoms. The minimum absolute atomic E-state index is 0.0484. The molecule has 0 saturated carbocycles. The number of carbonyl (C=O) groups excluding carboxylic acids is 1. The minimum atomic E-state index is -0.347. The summed E-state index contributed by atoms with van der Waals surface area (Å²) in [5.74, 6) is 1.05. The monoisotopic (exact) mass is 332 g/mol. The first-order valence-electron chi connectivity index (χ1n) is 8.19. The van der Waals surface area contributed by atoms with Crippen LogP contribution in [0.3, 0.4) is 0 Å². The zero-order valence-electron chi connectivity index (χ0n) is 14.6. The van der Waals surface area contributed by atoms with E-state index in [2.05, 4.69) is 45.8 Å². The Kier molecular flexibility index (Phi) is 4.66. The molecule has 1 fully saturated rings. The van der Waals surface area contributed by atoms with E-state index in [-0.39, 0.29) is 12.5 Å². The van der Waals surface area contributed by atoms with Gasteiger partial charge in [-0.2, -0.15) is 5.10 Å². The summed E-state index contributed by atoms with van der Waals surface area (Å²) in [4.78, 5) is 25.1. The summed E-state index contributed by atoms with van der Waals surface area (Å²) in [5, 5.41) is 5.17. The van der Waals surface area contributed by atoms with Crippen LogP contribution < -0.4 is 4.90 Å². The fourth-order valence-electron chi connectivity index (χ4n) is 3.20. The first kappa shape index (κ1) is 16.6. The van der Waals surface area contributed by atoms with Gasteiger partial charge < -0.3 is 14.5 Å². The molecule has 0 N–H and O–H groups in total. The van der Waals surface area contributed by atoms with Gasteiger partial charge in [-0.05, 0) is 13.0 Å². The van der Waals surface area contributed by atoms with E-state index in [1.165, 1.54) is 7.11 Å². The summed E-state index contributed by atoms with van der Waals surface area (Å²) in [7, 11) is 3.52. The molecule has 8 nitrogen and oxygen atoms in total. The Bertz CT molecular complexity index is 728. The molecule has 1 aliphatic rings. The summed E-state index contributed by atoms with van der Waals surface area (Å²) < 4.78 is 6.28. The van der Waals surface area contributed by atoms with Gasteiger partial charge in [-0.25, -0.2) is 14.6 Å². The van der Waals surface area contributed by atoms with E-state index in [1.54, 1.807) is 17.2 Å². The lowest BCUT2D eigenvalue weighted by Crippen LogP contribution is -2.54. The Morgan fingerprint density at radius 2 is 2.17 bits per heavy atom. The smallest absolute Gasteiger partial charge is 0.327 e. The van der Waals surface area contributed by atoms with Crippen LogP contribution in [0.2, 0.25) is 0 Å². The molecule has 0 bridgehead atoms. The fourth-order valence-corrected chi connectivity index (χ4v) is 3.20. The molecule has 0 amide bonds. The van der Waals surface area contributed by atoms with E-state index < -0.39 is 0 Å². The number of fused-ring (bicyclic) bond motifs is 1. The number of piperazine rings is 1. The highest BCUT2D eigenvalue weighted by molar-refractivity contribution is 5.87. The summed E-state index contributed by atoms with van der Waals surface area (Å²) in [6, 6.07) is 0.380. The number of rotatable bonds is 4. The molecule has 1 saturated heterocycles. The van der Waals surface area contributed by atoms with Crippen LogP contribution >= 0.6 is 0 Å². The molecule has 8 heteroatoms. The molecule has 2 aromatic rings. The molecule has 3 heterocycles. The predicted molar refractivity (Wildman–Crippen MR) is 90.8 cm³/mol. The maximum absolute atomic E-state index is 11.5. The lowest BCUT2D eigenvalue weighted by Gasteiger charge is -2.43. The Hall–Kier alpha value is -2.22. The highest BCUT2D eigenvalue weighted by Crippen LogP contribution is 2.28. The molecule has 2 aromatic heterocycles. The van der Waals surface area contributed by atoms with Gasteiger partial charge in [0.05, 0.1) is 18.7 Å². The molecule has 1 aliphatic heterocycles. The lowest BCUT2D eigenvalue weighted by molar-refractivity contribution is -0.141. The van der Waals surface area contributed by atoms with Gasteiger partial charge in [0, 0.05) is 25.7 Å². The van der Waals surface area contributed by atoms with Crippen molar-refractivity contribution in [2.45, 2.75) is 26.4 Å². The van der Waals surface area contributed by atoms with Crippen LogP contribution in [0.4, 0.5) is 5.82 Å². The minimum Gasteiger partial charge on any atom is -0.468 e. The fraction of sp³-hybridized carbons (Fsp3) is 0.625. The van der Waals surface area contributed by atoms with Crippen molar-refractivity contribution in [1.82, 2.24) is 24.6 Å². The zero-order chi connectivity index (χ0) is 17.3. The van der Waals surface area contributed by atoms with Crippen molar-refractivity contribution in [3.8, 4) is 0 Å². The molecular weight excluding hydrogens is 308 g/mol. The number of carbonyl (C=O) groups is 1. The number of hydrogen-bond donors (Lipinski definition) is 0. The molecular formula is C16H24N6O2. The number of hydrogen-bond acceptors (Lipinski definition) is 7. The van der Waals surface area contributed by atoms with Crippen LogP contribution in [0.1, 0.15) is 13.8 Å². The number of nitrogens with zero attached hydrogens (tertiary/aromatic N) is 6. The van der Waals surface area contributed by atoms with Gasteiger partial charge in [-0.15, -0.1) is 0 Å². The number of anilines is 1. The summed E-state index contributed by atoms with van der Waals surface area (Å²) in [6.07, 6.45) is 3.28. The molecule has 1 atom stereocenters. The third kappa shape index (κ3) is 3.06. The maximum Gasteiger partial charge on any atom is 0.327 e. The Morgan fingerprint density at radius 1 is 1.38 bits per heavy atom. The van der Waals surface area contributed by atoms with E-state index in [1.807, 2.05) is 0 Å². The lowest BCUT2D eigenvalue weighted by atomic mass is 9.99. The van der Waals surface area contributed by atoms with Crippen molar-refractivity contribution in [2.24, 2.45) is 5.92 Å². The van der Waals surface area contributed by atoms with Crippen LogP contribution in [-0.4, -0.2) is 70.5 Å². The first-order chi connectivity index (χ1) is 11.5. The van der Waals surface area contributed by atoms with Crippen molar-refractivity contribution >= 4 is 22.8 Å². The second kappa shape index (κ2) is 6.72. The Balaban J connectivity index is 1.98. The quantitative estimate of drug-likeness (QED) is 0.766. The van der Waals surface area contributed by atoms with E-state index in [0.29, 0.717) is 17.6 Å². The molecule has 3 rings (SSSR count). The largest absolute Gasteiger partial charge is 0.468 e. The standard InChI is InChI=1S/C16H24N6O2/c1-11(2)13-8-20(3)5-6-21(13)15-12-7-19-22(9-14(23)24-4)16(12)18-10-17-15/h7,10-11,13H,5-6,8-9H2,1-4H3. The molecule has 0 aliphatic carbocycles. The van der Waals surface area contributed by atoms with E-state index in [4.69, 9.17) is 4.74 Å². The number of methoxy groups -OCH3 is 1. The molecule has 0 aromatic carbocycles. The average Bonchev–Trinajstić information content (AvgIpc) is 2.97. The summed E-state index contributed by atoms with van der Waals surface area (Å²) in [5.41, 5.74) is 0.659. The van der Waals surface area contributed by atoms with Crippen molar-refractivity contribution in [3.63, 3.8) is 0 Å². The maximum atomic E-state index is 11.5. The summed E-state index contributed by atoms with van der Waals surface area (Å²) in [6.45, 7) is 7.41. The third-order valence-corrected chi connectivity index (χ3v) is 4.58. The van der Waals surface area contributed by atoms with Crippen molar-refractivity contribution in [1.29, 1.82) is 0 Å². The van der Waals surface area contributed by atoms with Gasteiger partial charge in [-0.3, -0.25) is 4.79 Å². The third-order valence-electron chi connectivity index (χ3n) is 4.58. The van der Waals surface area contributed by atoms with Crippen molar-refractivity contribution in [2.75, 3.05) is 38.7 Å². The van der Waals surface area contributed by atoms with E-state index >= 15 is 0 Å². The molecule has 1 unspecified atom stereocenters. The highest BCUT2D eigenvalue weighted by Gasteiger charge is 2.30. The highest BCUT2D eigenvalue weighted by atomic mass is 16.5. The number of aromatic nitrogens is 4. The van der Waals surface area contributed by atoms with Crippen molar-refractivity contribution in [3.05, 3.63) is 12.5 Å². The second-order valence-corrected chi connectivity index (χ2v) is 6.58. The number of ether oxygens (including phenoxy) is 1. The van der Waals surface area contributed by atoms with Gasteiger partial charge in [0.2, 0.25) is 0 Å². The van der Waals surface area contributed by atoms with Gasteiger partial charge in [-0.1, -0.05) is 13.8 Å². The van der Waals surface area contributed by atoms with Crippen molar-refractivity contribution < 1.29 is 9.53 Å². The van der Waals surface area contributed by atoms with Gasteiger partial charge in [0.25, 0.3) is 0 Å². The molecule has 24 heavy (non-hydrogen) atoms. The van der Waals surface area contributed by atoms with Crippen LogP contribution in [0.15, 0.2) is 12.5 Å². The van der Waals surface area contributed by atoms with Gasteiger partial charge >= 0.3 is 5.97 Å². The van der Waals surface area contributed by atoms with E-state index in [0.717, 1.165) is 30.8 Å². The van der Waals surface area contributed by atoms with Gasteiger partial charge in [0.1, 0.15) is 18.7 Å². The molecule has 0 radical (unpaired) electrons. The average molecular weight is 332 g/mol. The zero-order valence-corrected chi connectivity index (χ0v) is 14.6. The topological polar surface area (TPSA) is 76.4 Å². The van der Waals surface area contributed by atoms with Crippen LogP contribution in [0.25, 0.3) is 11.0 Å². The number of likely N-dealkylation sites (N-methyl/N-ethyl adjacent to an activating group) is 1. The predicted octanol–water partition coefficient (Wildman–Crippen LogP) is 0.776. The molecule has 130 valence electrons. The van der Waals surface area contributed by atoms with E-state index in [9.17, 15) is 4.79 Å². The van der Waals surface area contributed by atoms with Gasteiger partial charge in [0.15, 0.2) is 5.65 Å². The SMILES string of the molecule is COC(=O)Cn1ncc2c(N3CCN(C)CC3C(C)C)ncnc21. The van der Waals surface area contributed by atoms with Crippen LogP contribution in [0, 0.1) is 5.92 Å². The summed E-state index contributed by atoms with van der Waals surface area (Å²) >= 11 is 0. The van der Waals surface area contributed by atoms with Crippen LogP contribution in [-0.2, 0) is 16.1 Å².